The van der Waals surface area contributed by atoms with Gasteiger partial charge in [-0.1, -0.05) is 45.4 Å². The Labute approximate surface area is 196 Å². The average molecular weight is 490 g/mol. The summed E-state index contributed by atoms with van der Waals surface area (Å²) in [7, 11) is 0. The summed E-state index contributed by atoms with van der Waals surface area (Å²) in [5.74, 6) is -1.46. The molecular formula is C23H28ClF4N3O2. The Morgan fingerprint density at radius 2 is 1.88 bits per heavy atom. The van der Waals surface area contributed by atoms with Crippen molar-refractivity contribution in [3.8, 4) is 0 Å². The van der Waals surface area contributed by atoms with Crippen molar-refractivity contribution in [3.05, 3.63) is 64.2 Å². The predicted molar refractivity (Wildman–Crippen MR) is 122 cm³/mol. The zero-order valence-corrected chi connectivity index (χ0v) is 19.7. The van der Waals surface area contributed by atoms with E-state index in [9.17, 15) is 22.4 Å². The van der Waals surface area contributed by atoms with Gasteiger partial charge in [-0.25, -0.2) is 9.18 Å². The van der Waals surface area contributed by atoms with Crippen LogP contribution in [-0.4, -0.2) is 34.1 Å². The molecule has 2 heterocycles. The summed E-state index contributed by atoms with van der Waals surface area (Å²) in [5.41, 5.74) is 0.523. The van der Waals surface area contributed by atoms with Gasteiger partial charge in [-0.15, -0.1) is 0 Å². The first-order valence-corrected chi connectivity index (χ1v) is 10.9. The number of nitrogens with zero attached hydrogens (tertiary/aromatic N) is 2. The van der Waals surface area contributed by atoms with Crippen LogP contribution >= 0.6 is 11.6 Å². The van der Waals surface area contributed by atoms with Gasteiger partial charge in [0.2, 0.25) is 0 Å². The number of amides is 2. The maximum Gasteiger partial charge on any atom is 0.419 e. The summed E-state index contributed by atoms with van der Waals surface area (Å²) >= 11 is 6.18. The first-order chi connectivity index (χ1) is 15.7. The molecule has 1 aromatic heterocycles. The minimum absolute atomic E-state index is 0.0698. The van der Waals surface area contributed by atoms with Gasteiger partial charge in [0, 0.05) is 25.0 Å². The third-order valence-corrected chi connectivity index (χ3v) is 4.69. The number of rotatable bonds is 3. The van der Waals surface area contributed by atoms with E-state index in [1.165, 1.54) is 11.1 Å². The van der Waals surface area contributed by atoms with E-state index in [4.69, 9.17) is 16.7 Å². The highest BCUT2D eigenvalue weighted by Gasteiger charge is 2.34. The molecule has 2 amide bonds. The second-order valence-corrected chi connectivity index (χ2v) is 6.79. The molecule has 2 N–H and O–H groups in total. The van der Waals surface area contributed by atoms with Crippen molar-refractivity contribution in [2.24, 2.45) is 0 Å². The number of carbonyl (C=O) groups excluding carboxylic acids is 1. The quantitative estimate of drug-likeness (QED) is 0.468. The topological polar surface area (TPSA) is 65.5 Å². The monoisotopic (exact) mass is 489 g/mol. The molecular weight excluding hydrogens is 462 g/mol. The zero-order valence-electron chi connectivity index (χ0n) is 18.9. The number of hydrogen-bond donors (Lipinski definition) is 2. The smallest absolute Gasteiger partial charge is 0.392 e. The average Bonchev–Trinajstić information content (AvgIpc) is 2.81. The molecule has 0 bridgehead atoms. The Kier molecular flexibility index (Phi) is 11.3. The van der Waals surface area contributed by atoms with Gasteiger partial charge in [-0.3, -0.25) is 4.98 Å². The highest BCUT2D eigenvalue weighted by Crippen LogP contribution is 2.32. The lowest BCUT2D eigenvalue weighted by Crippen LogP contribution is -2.38. The van der Waals surface area contributed by atoms with E-state index in [0.29, 0.717) is 41.4 Å². The number of carbonyl (C=O) groups is 1. The summed E-state index contributed by atoms with van der Waals surface area (Å²) in [5, 5.41) is 11.9. The highest BCUT2D eigenvalue weighted by molar-refractivity contribution is 6.32. The third-order valence-electron chi connectivity index (χ3n) is 4.41. The lowest BCUT2D eigenvalue weighted by Gasteiger charge is -2.27. The van der Waals surface area contributed by atoms with Gasteiger partial charge in [0.1, 0.15) is 5.82 Å². The standard InChI is InChI=1S/C19H16ClF4N3O2.2C2H6/c20-15-7-11(10-28)9-25-17(15)12-3-5-27(6-4-12)18(29)26-13-1-2-14(16(21)8-13)19(22,23)24;2*1-2/h1-3,7-9,28H,4-6,10H2,(H,26,29);2*1-2H3. The van der Waals surface area contributed by atoms with Gasteiger partial charge in [0.15, 0.2) is 0 Å². The van der Waals surface area contributed by atoms with Crippen LogP contribution in [0.4, 0.5) is 28.0 Å². The number of aliphatic hydroxyl groups excluding tert-OH is 1. The van der Waals surface area contributed by atoms with Crippen LogP contribution in [0.15, 0.2) is 36.5 Å². The van der Waals surface area contributed by atoms with Crippen LogP contribution in [0.3, 0.4) is 0 Å². The fourth-order valence-electron chi connectivity index (χ4n) is 2.89. The van der Waals surface area contributed by atoms with Crippen LogP contribution in [0.2, 0.25) is 5.02 Å². The molecule has 0 atom stereocenters. The second-order valence-electron chi connectivity index (χ2n) is 6.38. The van der Waals surface area contributed by atoms with Crippen LogP contribution < -0.4 is 5.32 Å². The Bertz CT molecular complexity index is 965. The molecule has 1 aliphatic rings. The maximum absolute atomic E-state index is 13.6. The number of hydrogen-bond acceptors (Lipinski definition) is 3. The molecule has 182 valence electrons. The summed E-state index contributed by atoms with van der Waals surface area (Å²) < 4.78 is 51.5. The molecule has 0 spiro atoms. The normalized spacial score (nSPS) is 13.2. The molecule has 3 rings (SSSR count). The van der Waals surface area contributed by atoms with E-state index in [1.54, 1.807) is 12.1 Å². The molecule has 0 saturated heterocycles. The number of anilines is 1. The van der Waals surface area contributed by atoms with Crippen molar-refractivity contribution in [1.29, 1.82) is 0 Å². The fourth-order valence-corrected chi connectivity index (χ4v) is 3.20. The van der Waals surface area contributed by atoms with E-state index >= 15 is 0 Å². The van der Waals surface area contributed by atoms with E-state index in [1.807, 2.05) is 27.7 Å². The van der Waals surface area contributed by atoms with Crippen molar-refractivity contribution in [2.75, 3.05) is 18.4 Å². The number of alkyl halides is 3. The maximum atomic E-state index is 13.6. The van der Waals surface area contributed by atoms with Gasteiger partial charge in [-0.2, -0.15) is 13.2 Å². The first kappa shape index (κ1) is 28.4. The lowest BCUT2D eigenvalue weighted by atomic mass is 10.0. The molecule has 5 nitrogen and oxygen atoms in total. The van der Waals surface area contributed by atoms with Crippen molar-refractivity contribution >= 4 is 28.9 Å². The van der Waals surface area contributed by atoms with E-state index in [0.717, 1.165) is 11.6 Å². The number of nitrogens with one attached hydrogen (secondary N) is 1. The van der Waals surface area contributed by atoms with Crippen molar-refractivity contribution in [2.45, 2.75) is 46.9 Å². The fraction of sp³-hybridized carbons (Fsp3) is 0.391. The Morgan fingerprint density at radius 1 is 1.21 bits per heavy atom. The van der Waals surface area contributed by atoms with Gasteiger partial charge < -0.3 is 15.3 Å². The number of pyridine rings is 1. The van der Waals surface area contributed by atoms with Crippen molar-refractivity contribution < 1.29 is 27.5 Å². The molecule has 0 saturated carbocycles. The number of aromatic nitrogens is 1. The molecule has 0 fully saturated rings. The number of aliphatic hydroxyl groups is 1. The van der Waals surface area contributed by atoms with E-state index in [-0.39, 0.29) is 18.8 Å². The zero-order chi connectivity index (χ0) is 25.2. The highest BCUT2D eigenvalue weighted by atomic mass is 35.5. The number of benzene rings is 1. The third kappa shape index (κ3) is 7.71. The van der Waals surface area contributed by atoms with E-state index < -0.39 is 23.6 Å². The summed E-state index contributed by atoms with van der Waals surface area (Å²) in [6, 6.07) is 3.28. The molecule has 1 aromatic carbocycles. The van der Waals surface area contributed by atoms with Crippen molar-refractivity contribution in [1.82, 2.24) is 9.88 Å². The molecule has 2 aromatic rings. The summed E-state index contributed by atoms with van der Waals surface area (Å²) in [4.78, 5) is 18.0. The minimum atomic E-state index is -4.80. The Morgan fingerprint density at radius 3 is 2.36 bits per heavy atom. The predicted octanol–water partition coefficient (Wildman–Crippen LogP) is 6.76. The molecule has 10 heteroatoms. The van der Waals surface area contributed by atoms with Gasteiger partial charge in [0.05, 0.1) is 22.9 Å². The molecule has 0 radical (unpaired) electrons. The SMILES string of the molecule is CC.CC.O=C(Nc1ccc(C(F)(F)F)c(F)c1)N1CC=C(c2ncc(CO)cc2Cl)CC1. The second kappa shape index (κ2) is 13.2. The molecule has 0 unspecified atom stereocenters. The van der Waals surface area contributed by atoms with Gasteiger partial charge in [-0.05, 0) is 41.8 Å². The van der Waals surface area contributed by atoms with E-state index in [2.05, 4.69) is 10.3 Å². The Hall–Kier alpha value is -2.65. The van der Waals surface area contributed by atoms with Crippen LogP contribution in [0, 0.1) is 5.82 Å². The van der Waals surface area contributed by atoms with Crippen LogP contribution in [0.5, 0.6) is 0 Å². The summed E-state index contributed by atoms with van der Waals surface area (Å²) in [6.45, 7) is 8.37. The molecule has 1 aliphatic heterocycles. The first-order valence-electron chi connectivity index (χ1n) is 10.6. The number of halogens is 5. The van der Waals surface area contributed by atoms with Gasteiger partial charge >= 0.3 is 12.2 Å². The molecule has 0 aliphatic carbocycles. The minimum Gasteiger partial charge on any atom is -0.392 e. The Balaban J connectivity index is 0.00000129. The van der Waals surface area contributed by atoms with Gasteiger partial charge in [0.25, 0.3) is 0 Å². The van der Waals surface area contributed by atoms with Crippen LogP contribution in [-0.2, 0) is 12.8 Å². The van der Waals surface area contributed by atoms with Crippen LogP contribution in [0.1, 0.15) is 50.9 Å². The largest absolute Gasteiger partial charge is 0.419 e. The molecule has 33 heavy (non-hydrogen) atoms. The lowest BCUT2D eigenvalue weighted by molar-refractivity contribution is -0.139. The summed E-state index contributed by atoms with van der Waals surface area (Å²) in [6.07, 6.45) is -1.06. The number of urea groups is 1. The van der Waals surface area contributed by atoms with Crippen molar-refractivity contribution in [3.63, 3.8) is 0 Å². The van der Waals surface area contributed by atoms with Crippen LogP contribution in [0.25, 0.3) is 5.57 Å².